The van der Waals surface area contributed by atoms with Crippen molar-refractivity contribution in [2.75, 3.05) is 5.75 Å². The number of Topliss-reactive ketones (excluding diaryl/α,β-unsaturated/α-hetero) is 1. The summed E-state index contributed by atoms with van der Waals surface area (Å²) in [4.78, 5) is 12.0. The minimum atomic E-state index is -1.01. The van der Waals surface area contributed by atoms with E-state index >= 15 is 0 Å². The van der Waals surface area contributed by atoms with Crippen LogP contribution < -0.4 is 4.74 Å². The van der Waals surface area contributed by atoms with Crippen LogP contribution in [0.4, 0.5) is 0 Å². The van der Waals surface area contributed by atoms with Gasteiger partial charge in [0, 0.05) is 17.8 Å². The van der Waals surface area contributed by atoms with Crippen LogP contribution >= 0.6 is 23.4 Å². The SMILES string of the molecule is CC(=N)C(C#N)C(=O)CSc1nnc(COc2ccc(Cl)cc2)n1C. The van der Waals surface area contributed by atoms with Crippen molar-refractivity contribution >= 4 is 34.9 Å². The van der Waals surface area contributed by atoms with Crippen LogP contribution in [0, 0.1) is 22.7 Å². The maximum Gasteiger partial charge on any atom is 0.191 e. The number of nitrogens with one attached hydrogen (secondary N) is 1. The Balaban J connectivity index is 1.94. The van der Waals surface area contributed by atoms with Crippen LogP contribution in [-0.4, -0.2) is 32.0 Å². The van der Waals surface area contributed by atoms with Crippen molar-refractivity contribution in [3.05, 3.63) is 35.1 Å². The largest absolute Gasteiger partial charge is 0.486 e. The maximum atomic E-state index is 12.0. The number of carbonyl (C=O) groups excluding carboxylic acids is 1. The molecule has 0 radical (unpaired) electrons. The lowest BCUT2D eigenvalue weighted by Crippen LogP contribution is -2.21. The fourth-order valence-electron chi connectivity index (χ4n) is 1.90. The minimum absolute atomic E-state index is 0.0446. The van der Waals surface area contributed by atoms with E-state index in [2.05, 4.69) is 10.2 Å². The van der Waals surface area contributed by atoms with Gasteiger partial charge in [0.15, 0.2) is 16.8 Å². The molecule has 0 aliphatic heterocycles. The zero-order valence-electron chi connectivity index (χ0n) is 13.7. The highest BCUT2D eigenvalue weighted by Crippen LogP contribution is 2.20. The van der Waals surface area contributed by atoms with Gasteiger partial charge in [0.05, 0.1) is 11.8 Å². The van der Waals surface area contributed by atoms with Gasteiger partial charge in [0.1, 0.15) is 18.3 Å². The lowest BCUT2D eigenvalue weighted by molar-refractivity contribution is -0.117. The quantitative estimate of drug-likeness (QED) is 0.560. The summed E-state index contributed by atoms with van der Waals surface area (Å²) in [6.07, 6.45) is 0. The predicted octanol–water partition coefficient (Wildman–Crippen LogP) is 2.89. The Morgan fingerprint density at radius 3 is 2.72 bits per heavy atom. The average molecular weight is 378 g/mol. The van der Waals surface area contributed by atoms with E-state index in [1.54, 1.807) is 35.9 Å². The summed E-state index contributed by atoms with van der Waals surface area (Å²) in [6.45, 7) is 1.67. The van der Waals surface area contributed by atoms with Crippen molar-refractivity contribution in [3.63, 3.8) is 0 Å². The fraction of sp³-hybridized carbons (Fsp3) is 0.312. The second kappa shape index (κ2) is 8.65. The molecule has 1 aromatic carbocycles. The molecule has 130 valence electrons. The summed E-state index contributed by atoms with van der Waals surface area (Å²) in [6, 6.07) is 8.82. The van der Waals surface area contributed by atoms with E-state index in [4.69, 9.17) is 27.0 Å². The number of hydrogen-bond donors (Lipinski definition) is 1. The number of aromatic nitrogens is 3. The highest BCUT2D eigenvalue weighted by Gasteiger charge is 2.21. The van der Waals surface area contributed by atoms with Gasteiger partial charge in [-0.3, -0.25) is 4.79 Å². The van der Waals surface area contributed by atoms with Gasteiger partial charge in [-0.05, 0) is 31.2 Å². The molecule has 2 aromatic rings. The first-order valence-electron chi connectivity index (χ1n) is 7.29. The number of thioether (sulfide) groups is 1. The van der Waals surface area contributed by atoms with E-state index in [1.807, 2.05) is 6.07 Å². The Morgan fingerprint density at radius 2 is 2.12 bits per heavy atom. The number of hydrogen-bond acceptors (Lipinski definition) is 7. The number of nitriles is 1. The zero-order valence-corrected chi connectivity index (χ0v) is 15.3. The van der Waals surface area contributed by atoms with Crippen LogP contribution in [0.25, 0.3) is 0 Å². The zero-order chi connectivity index (χ0) is 18.4. The van der Waals surface area contributed by atoms with Gasteiger partial charge in [-0.25, -0.2) is 0 Å². The highest BCUT2D eigenvalue weighted by molar-refractivity contribution is 7.99. The highest BCUT2D eigenvalue weighted by atomic mass is 35.5. The molecule has 0 saturated carbocycles. The lowest BCUT2D eigenvalue weighted by atomic mass is 10.0. The normalized spacial score (nSPS) is 11.6. The van der Waals surface area contributed by atoms with E-state index in [-0.39, 0.29) is 23.9 Å². The van der Waals surface area contributed by atoms with Crippen molar-refractivity contribution in [2.24, 2.45) is 13.0 Å². The average Bonchev–Trinajstić information content (AvgIpc) is 2.93. The topological polar surface area (TPSA) is 105 Å². The third-order valence-corrected chi connectivity index (χ3v) is 4.63. The molecule has 1 heterocycles. The van der Waals surface area contributed by atoms with E-state index in [0.717, 1.165) is 0 Å². The Bertz CT molecular complexity index is 813. The summed E-state index contributed by atoms with van der Waals surface area (Å²) in [5.41, 5.74) is 0.0446. The summed E-state index contributed by atoms with van der Waals surface area (Å²) in [7, 11) is 1.77. The van der Waals surface area contributed by atoms with Crippen LogP contribution in [0.2, 0.25) is 5.02 Å². The van der Waals surface area contributed by atoms with Crippen molar-refractivity contribution in [1.29, 1.82) is 10.7 Å². The van der Waals surface area contributed by atoms with E-state index in [1.165, 1.54) is 18.7 Å². The van der Waals surface area contributed by atoms with Gasteiger partial charge in [-0.2, -0.15) is 5.26 Å². The molecule has 9 heteroatoms. The third-order valence-electron chi connectivity index (χ3n) is 3.33. The molecule has 0 saturated heterocycles. The number of ether oxygens (including phenoxy) is 1. The van der Waals surface area contributed by atoms with Crippen molar-refractivity contribution in [2.45, 2.75) is 18.7 Å². The lowest BCUT2D eigenvalue weighted by Gasteiger charge is -2.07. The predicted molar refractivity (Wildman–Crippen MR) is 95.0 cm³/mol. The molecule has 25 heavy (non-hydrogen) atoms. The van der Waals surface area contributed by atoms with E-state index in [0.29, 0.717) is 21.8 Å². The molecular formula is C16H16ClN5O2S. The Hall–Kier alpha value is -2.37. The van der Waals surface area contributed by atoms with Crippen molar-refractivity contribution < 1.29 is 9.53 Å². The second-order valence-electron chi connectivity index (χ2n) is 5.20. The number of halogens is 1. The molecule has 0 bridgehead atoms. The summed E-state index contributed by atoms with van der Waals surface area (Å²) in [5.74, 6) is -0.00572. The molecule has 0 aliphatic carbocycles. The van der Waals surface area contributed by atoms with Crippen LogP contribution in [0.3, 0.4) is 0 Å². The number of carbonyl (C=O) groups is 1. The second-order valence-corrected chi connectivity index (χ2v) is 6.58. The molecular weight excluding hydrogens is 362 g/mol. The van der Waals surface area contributed by atoms with E-state index < -0.39 is 5.92 Å². The smallest absolute Gasteiger partial charge is 0.191 e. The summed E-state index contributed by atoms with van der Waals surface area (Å²) >= 11 is 7.00. The first kappa shape index (κ1) is 19.0. The molecule has 0 spiro atoms. The molecule has 7 nitrogen and oxygen atoms in total. The maximum absolute atomic E-state index is 12.0. The van der Waals surface area contributed by atoms with Crippen LogP contribution in [0.15, 0.2) is 29.4 Å². The fourth-order valence-corrected chi connectivity index (χ4v) is 2.87. The Kier molecular flexibility index (Phi) is 6.56. The monoisotopic (exact) mass is 377 g/mol. The Morgan fingerprint density at radius 1 is 1.44 bits per heavy atom. The first-order valence-corrected chi connectivity index (χ1v) is 8.65. The van der Waals surface area contributed by atoms with Crippen LogP contribution in [-0.2, 0) is 18.4 Å². The van der Waals surface area contributed by atoms with Gasteiger partial charge in [0.25, 0.3) is 0 Å². The molecule has 0 fully saturated rings. The van der Waals surface area contributed by atoms with Gasteiger partial charge in [-0.1, -0.05) is 23.4 Å². The number of rotatable bonds is 8. The van der Waals surface area contributed by atoms with Gasteiger partial charge in [0.2, 0.25) is 0 Å². The Labute approximate surface area is 154 Å². The molecule has 1 N–H and O–H groups in total. The summed E-state index contributed by atoms with van der Waals surface area (Å²) in [5, 5.41) is 25.6. The molecule has 0 amide bonds. The molecule has 2 rings (SSSR count). The van der Waals surface area contributed by atoms with Crippen LogP contribution in [0.1, 0.15) is 12.7 Å². The molecule has 0 aliphatic rings. The number of benzene rings is 1. The molecule has 1 atom stereocenters. The van der Waals surface area contributed by atoms with Crippen LogP contribution in [0.5, 0.6) is 5.75 Å². The van der Waals surface area contributed by atoms with Crippen molar-refractivity contribution in [3.8, 4) is 11.8 Å². The first-order chi connectivity index (χ1) is 11.9. The van der Waals surface area contributed by atoms with Gasteiger partial charge >= 0.3 is 0 Å². The number of ketones is 1. The van der Waals surface area contributed by atoms with E-state index in [9.17, 15) is 4.79 Å². The van der Waals surface area contributed by atoms with Crippen molar-refractivity contribution in [1.82, 2.24) is 14.8 Å². The standard InChI is InChI=1S/C16H16ClN5O2S/c1-10(19)13(7-18)14(23)9-25-16-21-20-15(22(16)2)8-24-12-5-3-11(17)4-6-12/h3-6,13,19H,8-9H2,1-2H3. The summed E-state index contributed by atoms with van der Waals surface area (Å²) < 4.78 is 7.35. The molecule has 1 unspecified atom stereocenters. The molecule has 1 aromatic heterocycles. The third kappa shape index (κ3) is 5.05. The van der Waals surface area contributed by atoms with Gasteiger partial charge in [-0.15, -0.1) is 10.2 Å². The van der Waals surface area contributed by atoms with Gasteiger partial charge < -0.3 is 14.7 Å². The number of nitrogens with zero attached hydrogens (tertiary/aromatic N) is 4. The minimum Gasteiger partial charge on any atom is -0.486 e.